The number of β-amino-alcohol motifs (C(OH)–C–C–N with tert-alkyl or cyclic N) is 1. The van der Waals surface area contributed by atoms with Gasteiger partial charge in [0.25, 0.3) is 0 Å². The van der Waals surface area contributed by atoms with E-state index in [0.717, 1.165) is 5.59 Å². The first kappa shape index (κ1) is 16.5. The molecule has 0 aromatic heterocycles. The number of quaternary nitrogens is 1. The van der Waals surface area contributed by atoms with Gasteiger partial charge in [-0.1, -0.05) is 11.6 Å². The maximum atomic E-state index is 8.68. The van der Waals surface area contributed by atoms with Crippen LogP contribution in [-0.2, 0) is 4.84 Å². The Morgan fingerprint density at radius 1 is 1.50 bits per heavy atom. The smallest absolute Gasteiger partial charge is 0.142 e. The number of aliphatic hydroxyl groups excluding tert-OH is 1. The van der Waals surface area contributed by atoms with Gasteiger partial charge in [-0.3, -0.25) is 4.84 Å². The molecule has 0 aromatic rings. The minimum atomic E-state index is -0.114. The molecule has 0 radical (unpaired) electrons. The Balaban J connectivity index is 0. The van der Waals surface area contributed by atoms with Gasteiger partial charge >= 0.3 is 0 Å². The summed E-state index contributed by atoms with van der Waals surface area (Å²) < 4.78 is 0. The van der Waals surface area contributed by atoms with Crippen molar-refractivity contribution in [2.24, 2.45) is 5.90 Å². The van der Waals surface area contributed by atoms with Crippen molar-refractivity contribution in [1.82, 2.24) is 5.01 Å². The van der Waals surface area contributed by atoms with E-state index in [2.05, 4.69) is 10.7 Å². The van der Waals surface area contributed by atoms with Gasteiger partial charge in [-0.05, 0) is 20.8 Å². The number of rotatable bonds is 4. The van der Waals surface area contributed by atoms with Gasteiger partial charge in [0.1, 0.15) is 6.07 Å². The Kier molecular flexibility index (Phi) is 11.3. The van der Waals surface area contributed by atoms with Crippen LogP contribution in [0.2, 0.25) is 0 Å². The van der Waals surface area contributed by atoms with Crippen LogP contribution in [0.3, 0.4) is 0 Å². The molecule has 0 aromatic carbocycles. The van der Waals surface area contributed by atoms with Gasteiger partial charge in [-0.2, -0.15) is 5.21 Å². The normalized spacial score (nSPS) is 11.1. The Hall–Kier alpha value is 0.0500. The lowest BCUT2D eigenvalue weighted by molar-refractivity contribution is -1.00. The van der Waals surface area contributed by atoms with Crippen molar-refractivity contribution in [3.63, 3.8) is 0 Å². The standard InChI is InChI=1S/C6H16N2O2.CH4ClNO/c1-6(2,3)8(7-10)4-5-9;2-1-4-3/h7,9-10H,4-5H2,1-3H3;1,3H2/p+1. The van der Waals surface area contributed by atoms with E-state index in [-0.39, 0.29) is 18.2 Å². The number of hydrogen-bond donors (Lipinski definition) is 4. The van der Waals surface area contributed by atoms with Crippen molar-refractivity contribution in [2.45, 2.75) is 26.3 Å². The van der Waals surface area contributed by atoms with E-state index >= 15 is 0 Å². The average Bonchev–Trinajstić information content (AvgIpc) is 2.12. The van der Waals surface area contributed by atoms with E-state index in [1.165, 1.54) is 0 Å². The van der Waals surface area contributed by atoms with Crippen LogP contribution in [0.5, 0.6) is 0 Å². The van der Waals surface area contributed by atoms with E-state index in [1.807, 2.05) is 20.8 Å². The molecule has 0 atom stereocenters. The van der Waals surface area contributed by atoms with Crippen LogP contribution in [-0.4, -0.2) is 40.1 Å². The quantitative estimate of drug-likeness (QED) is 0.283. The summed E-state index contributed by atoms with van der Waals surface area (Å²) in [6, 6.07) is 0.0694. The summed E-state index contributed by atoms with van der Waals surface area (Å²) in [5, 5.41) is 18.9. The van der Waals surface area contributed by atoms with Crippen LogP contribution in [0.4, 0.5) is 0 Å². The van der Waals surface area contributed by atoms with Gasteiger partial charge in [-0.15, -0.1) is 10.6 Å². The molecule has 0 spiro atoms. The molecule has 0 saturated heterocycles. The van der Waals surface area contributed by atoms with Crippen molar-refractivity contribution >= 4 is 11.6 Å². The van der Waals surface area contributed by atoms with E-state index in [4.69, 9.17) is 21.9 Å². The molecule has 7 heteroatoms. The summed E-state index contributed by atoms with van der Waals surface area (Å²) in [7, 11) is 0. The van der Waals surface area contributed by atoms with Crippen molar-refractivity contribution in [3.05, 3.63) is 0 Å². The molecule has 0 saturated carbocycles. The van der Waals surface area contributed by atoms with Gasteiger partial charge in [0.2, 0.25) is 0 Å². The lowest BCUT2D eigenvalue weighted by Gasteiger charge is -2.28. The second-order valence-corrected chi connectivity index (χ2v) is 3.70. The summed E-state index contributed by atoms with van der Waals surface area (Å²) in [6.45, 7) is 6.44. The van der Waals surface area contributed by atoms with Crippen molar-refractivity contribution in [1.29, 1.82) is 0 Å². The predicted octanol–water partition coefficient (Wildman–Crippen LogP) is -0.980. The van der Waals surface area contributed by atoms with E-state index in [0.29, 0.717) is 6.54 Å². The number of nitrogens with zero attached hydrogens (tertiary/aromatic N) is 1. The molecule has 0 unspecified atom stereocenters. The van der Waals surface area contributed by atoms with Crippen LogP contribution in [0.25, 0.3) is 0 Å². The highest BCUT2D eigenvalue weighted by Gasteiger charge is 2.23. The van der Waals surface area contributed by atoms with Crippen LogP contribution in [0, 0.1) is 0 Å². The first-order valence-corrected chi connectivity index (χ1v) is 4.70. The molecular weight excluding hydrogens is 210 g/mol. The molecule has 0 aliphatic rings. The van der Waals surface area contributed by atoms with E-state index in [9.17, 15) is 0 Å². The fourth-order valence-electron chi connectivity index (χ4n) is 0.674. The van der Waals surface area contributed by atoms with E-state index in [1.54, 1.807) is 5.01 Å². The van der Waals surface area contributed by atoms with Crippen molar-refractivity contribution < 1.29 is 20.7 Å². The van der Waals surface area contributed by atoms with E-state index < -0.39 is 0 Å². The van der Waals surface area contributed by atoms with Crippen LogP contribution < -0.4 is 11.5 Å². The Morgan fingerprint density at radius 2 is 1.93 bits per heavy atom. The van der Waals surface area contributed by atoms with Gasteiger partial charge < -0.3 is 5.11 Å². The SMILES string of the molecule is CC(C)(C)N(CCO)[NH2+]O.NOCCl. The molecule has 0 aliphatic carbocycles. The predicted molar refractivity (Wildman–Crippen MR) is 53.2 cm³/mol. The minimum Gasteiger partial charge on any atom is -0.395 e. The number of alkyl halides is 1. The number of hydrogen-bond acceptors (Lipinski definition) is 5. The molecule has 0 heterocycles. The Morgan fingerprint density at radius 3 is 2.00 bits per heavy atom. The summed E-state index contributed by atoms with van der Waals surface area (Å²) in [5.74, 6) is 4.40. The van der Waals surface area contributed by atoms with Gasteiger partial charge in [-0.25, -0.2) is 5.90 Å². The highest BCUT2D eigenvalue weighted by molar-refractivity contribution is 6.17. The molecule has 6 N–H and O–H groups in total. The Bertz CT molecular complexity index is 119. The summed E-state index contributed by atoms with van der Waals surface area (Å²) >= 11 is 4.84. The third-order valence-electron chi connectivity index (χ3n) is 1.40. The molecule has 14 heavy (non-hydrogen) atoms. The topological polar surface area (TPSA) is 95.6 Å². The summed E-state index contributed by atoms with van der Waals surface area (Å²) in [6.07, 6.45) is 0. The fourth-order valence-corrected chi connectivity index (χ4v) is 0.674. The zero-order valence-electron chi connectivity index (χ0n) is 8.90. The number of nitrogens with two attached hydrogens (primary N) is 2. The largest absolute Gasteiger partial charge is 0.395 e. The first-order valence-electron chi connectivity index (χ1n) is 4.16. The zero-order chi connectivity index (χ0) is 11.6. The van der Waals surface area contributed by atoms with Crippen LogP contribution in [0.1, 0.15) is 20.8 Å². The maximum absolute atomic E-state index is 8.68. The molecule has 0 amide bonds. The van der Waals surface area contributed by atoms with Crippen LogP contribution in [0.15, 0.2) is 0 Å². The lowest BCUT2D eigenvalue weighted by atomic mass is 10.1. The number of halogens is 1. The highest BCUT2D eigenvalue weighted by Crippen LogP contribution is 2.05. The zero-order valence-corrected chi connectivity index (χ0v) is 9.66. The van der Waals surface area contributed by atoms with Crippen molar-refractivity contribution in [3.8, 4) is 0 Å². The molecule has 0 fully saturated rings. The van der Waals surface area contributed by atoms with Gasteiger partial charge in [0.05, 0.1) is 18.7 Å². The maximum Gasteiger partial charge on any atom is 0.142 e. The average molecular weight is 231 g/mol. The third-order valence-corrected chi connectivity index (χ3v) is 1.53. The first-order chi connectivity index (χ1) is 6.43. The van der Waals surface area contributed by atoms with Gasteiger partial charge in [0, 0.05) is 0 Å². The lowest BCUT2D eigenvalue weighted by Crippen LogP contribution is -2.94. The Labute approximate surface area is 89.5 Å². The number of aliphatic hydroxyl groups is 1. The molecule has 0 rings (SSSR count). The molecular formula is C7H21ClN3O3+. The monoisotopic (exact) mass is 230 g/mol. The molecule has 6 nitrogen and oxygen atoms in total. The van der Waals surface area contributed by atoms with Crippen LogP contribution >= 0.6 is 11.6 Å². The second-order valence-electron chi connectivity index (χ2n) is 3.48. The molecule has 88 valence electrons. The minimum absolute atomic E-state index is 0.0638. The molecule has 0 bridgehead atoms. The summed E-state index contributed by atoms with van der Waals surface area (Å²) in [4.78, 5) is 3.81. The fraction of sp³-hybridized carbons (Fsp3) is 1.00. The van der Waals surface area contributed by atoms with Gasteiger partial charge in [0.15, 0.2) is 0 Å². The third kappa shape index (κ3) is 10.1. The highest BCUT2D eigenvalue weighted by atomic mass is 35.5. The molecule has 0 aliphatic heterocycles. The van der Waals surface area contributed by atoms with Crippen molar-refractivity contribution in [2.75, 3.05) is 19.2 Å². The second kappa shape index (κ2) is 9.60. The summed E-state index contributed by atoms with van der Waals surface area (Å²) in [5.41, 5.74) is 0.897.